The normalized spacial score (nSPS) is 12.1. The third-order valence-corrected chi connectivity index (χ3v) is 14.0. The van der Waals surface area contributed by atoms with Crippen LogP contribution in [-0.2, 0) is 0 Å². The molecule has 0 saturated carbocycles. The van der Waals surface area contributed by atoms with E-state index in [0.29, 0.717) is 0 Å². The van der Waals surface area contributed by atoms with Crippen LogP contribution in [0.5, 0.6) is 0 Å². The third kappa shape index (κ3) is 4.77. The first kappa shape index (κ1) is 32.7. The van der Waals surface area contributed by atoms with Crippen molar-refractivity contribution in [1.82, 2.24) is 0 Å². The first-order valence-corrected chi connectivity index (χ1v) is 21.2. The number of thiophene rings is 1. The van der Waals surface area contributed by atoms with Gasteiger partial charge in [0.2, 0.25) is 0 Å². The molecule has 0 bridgehead atoms. The molecule has 0 saturated heterocycles. The highest BCUT2D eigenvalue weighted by molar-refractivity contribution is 7.26. The van der Waals surface area contributed by atoms with Gasteiger partial charge in [0.15, 0.2) is 0 Å². The number of hydrogen-bond acceptors (Lipinski definition) is 1. The van der Waals surface area contributed by atoms with Crippen molar-refractivity contribution in [3.05, 3.63) is 206 Å². The van der Waals surface area contributed by atoms with E-state index in [0.717, 1.165) is 0 Å². The quantitative estimate of drug-likeness (QED) is 0.124. The van der Waals surface area contributed by atoms with Crippen LogP contribution < -0.4 is 0 Å². The van der Waals surface area contributed by atoms with E-state index >= 15 is 0 Å². The van der Waals surface area contributed by atoms with Gasteiger partial charge in [-0.1, -0.05) is 194 Å². The molecule has 272 valence electrons. The molecule has 1 heteroatoms. The molecule has 0 atom stereocenters. The molecule has 0 spiro atoms. The third-order valence-electron chi connectivity index (χ3n) is 12.8. The molecule has 0 aliphatic carbocycles. The van der Waals surface area contributed by atoms with E-state index in [-0.39, 0.29) is 0 Å². The summed E-state index contributed by atoms with van der Waals surface area (Å²) in [5.74, 6) is 0. The minimum atomic E-state index is 1.24. The van der Waals surface area contributed by atoms with Crippen LogP contribution in [0.1, 0.15) is 0 Å². The lowest BCUT2D eigenvalue weighted by Gasteiger charge is -2.22. The summed E-state index contributed by atoms with van der Waals surface area (Å²) in [7, 11) is 0. The minimum Gasteiger partial charge on any atom is -0.135 e. The van der Waals surface area contributed by atoms with Gasteiger partial charge in [-0.25, -0.2) is 0 Å². The molecule has 0 nitrogen and oxygen atoms in total. The molecule has 0 unspecified atom stereocenters. The Hall–Kier alpha value is -7.32. The maximum atomic E-state index is 2.45. The number of rotatable bonds is 3. The first-order chi connectivity index (χ1) is 29.3. The van der Waals surface area contributed by atoms with Gasteiger partial charge in [-0.15, -0.1) is 11.3 Å². The lowest BCUT2D eigenvalue weighted by atomic mass is 9.81. The van der Waals surface area contributed by atoms with Crippen molar-refractivity contribution in [3.63, 3.8) is 0 Å². The molecule has 0 N–H and O–H groups in total. The highest BCUT2D eigenvalue weighted by Crippen LogP contribution is 2.51. The highest BCUT2D eigenvalue weighted by atomic mass is 32.1. The molecule has 59 heavy (non-hydrogen) atoms. The molecule has 13 rings (SSSR count). The van der Waals surface area contributed by atoms with Gasteiger partial charge in [0.05, 0.1) is 0 Å². The second kappa shape index (κ2) is 12.6. The van der Waals surface area contributed by atoms with Crippen LogP contribution in [0.2, 0.25) is 0 Å². The summed E-state index contributed by atoms with van der Waals surface area (Å²) >= 11 is 1.92. The van der Waals surface area contributed by atoms with Crippen molar-refractivity contribution in [2.24, 2.45) is 0 Å². The molecule has 13 aromatic rings. The summed E-state index contributed by atoms with van der Waals surface area (Å²) < 4.78 is 2.67. The molecular weight excluding hydrogens is 729 g/mol. The lowest BCUT2D eigenvalue weighted by Crippen LogP contribution is -1.94. The zero-order valence-electron chi connectivity index (χ0n) is 32.0. The van der Waals surface area contributed by atoms with Gasteiger partial charge in [-0.2, -0.15) is 0 Å². The Morgan fingerprint density at radius 1 is 0.220 bits per heavy atom. The summed E-state index contributed by atoms with van der Waals surface area (Å²) in [6, 6.07) is 77.0. The monoisotopic (exact) mass is 762 g/mol. The maximum absolute atomic E-state index is 2.45. The van der Waals surface area contributed by atoms with Gasteiger partial charge in [-0.3, -0.25) is 0 Å². The fourth-order valence-electron chi connectivity index (χ4n) is 10.2. The summed E-state index contributed by atoms with van der Waals surface area (Å²) in [6.45, 7) is 0. The van der Waals surface area contributed by atoms with Gasteiger partial charge in [-0.05, 0) is 116 Å². The SMILES string of the molecule is c1ccc2cc(-c3c4ccccc4c(-c4c5ccccc5c(-c5ccc6c(c5)sc5c6ccc6c7ccccc7ccc65)c5ccccc45)c4ccccc34)ccc2c1. The van der Waals surface area contributed by atoms with E-state index in [9.17, 15) is 0 Å². The van der Waals surface area contributed by atoms with Crippen LogP contribution >= 0.6 is 11.3 Å². The Morgan fingerprint density at radius 3 is 1.17 bits per heavy atom. The Morgan fingerprint density at radius 2 is 0.593 bits per heavy atom. The van der Waals surface area contributed by atoms with Gasteiger partial charge < -0.3 is 0 Å². The fraction of sp³-hybridized carbons (Fsp3) is 0. The Labute approximate surface area is 344 Å². The van der Waals surface area contributed by atoms with Crippen LogP contribution in [-0.4, -0.2) is 0 Å². The summed E-state index contributed by atoms with van der Waals surface area (Å²) in [4.78, 5) is 0. The van der Waals surface area contributed by atoms with Crippen LogP contribution in [0.15, 0.2) is 206 Å². The fourth-order valence-corrected chi connectivity index (χ4v) is 11.5. The molecule has 0 amide bonds. The standard InChI is InChI=1S/C58H34S/c1-2-15-37-33-38(26-25-35(37)13-1)54-43-17-5-9-21-47(43)56(48-22-10-6-18-44(48)54)57-49-23-11-7-19-45(49)55(46-20-8-12-24-50(46)57)39-28-29-42-52-32-31-41-40-16-4-3-14-36(40)27-30-51(41)58(52)59-53(42)34-39/h1-34H. The molecule has 1 aromatic heterocycles. The highest BCUT2D eigenvalue weighted by Gasteiger charge is 2.23. The second-order valence-corrected chi connectivity index (χ2v) is 16.9. The number of fused-ring (bicyclic) bond motifs is 12. The molecule has 0 aliphatic rings. The van der Waals surface area contributed by atoms with Crippen molar-refractivity contribution in [2.45, 2.75) is 0 Å². The smallest absolute Gasteiger partial charge is 0.0434 e. The van der Waals surface area contributed by atoms with E-state index in [1.54, 1.807) is 0 Å². The van der Waals surface area contributed by atoms with Crippen molar-refractivity contribution >= 4 is 107 Å². The van der Waals surface area contributed by atoms with E-state index < -0.39 is 0 Å². The average molecular weight is 763 g/mol. The van der Waals surface area contributed by atoms with Crippen LogP contribution in [0.4, 0.5) is 0 Å². The first-order valence-electron chi connectivity index (χ1n) is 20.4. The predicted octanol–water partition coefficient (Wildman–Crippen LogP) is 17.1. The number of benzene rings is 12. The van der Waals surface area contributed by atoms with E-state index in [4.69, 9.17) is 0 Å². The predicted molar refractivity (Wildman–Crippen MR) is 258 cm³/mol. The zero-order valence-corrected chi connectivity index (χ0v) is 32.9. The molecule has 1 heterocycles. The number of hydrogen-bond donors (Lipinski definition) is 0. The second-order valence-electron chi connectivity index (χ2n) is 15.9. The van der Waals surface area contributed by atoms with Gasteiger partial charge in [0.1, 0.15) is 0 Å². The topological polar surface area (TPSA) is 0 Å². The summed E-state index contributed by atoms with van der Waals surface area (Å²) in [5.41, 5.74) is 7.65. The van der Waals surface area contributed by atoms with Crippen molar-refractivity contribution in [2.75, 3.05) is 0 Å². The van der Waals surface area contributed by atoms with Gasteiger partial charge in [0.25, 0.3) is 0 Å². The Bertz CT molecular complexity index is 3790. The van der Waals surface area contributed by atoms with Gasteiger partial charge >= 0.3 is 0 Å². The van der Waals surface area contributed by atoms with E-state index in [2.05, 4.69) is 206 Å². The molecule has 0 aliphatic heterocycles. The van der Waals surface area contributed by atoms with E-state index in [1.807, 2.05) is 11.3 Å². The molecule has 0 fully saturated rings. The summed E-state index contributed by atoms with van der Waals surface area (Å²) in [5, 5.41) is 20.5. The Kier molecular flexibility index (Phi) is 6.98. The summed E-state index contributed by atoms with van der Waals surface area (Å²) in [6.07, 6.45) is 0. The van der Waals surface area contributed by atoms with E-state index in [1.165, 1.54) is 129 Å². The van der Waals surface area contributed by atoms with Crippen molar-refractivity contribution < 1.29 is 0 Å². The lowest BCUT2D eigenvalue weighted by molar-refractivity contribution is 1.68. The Balaban J connectivity index is 1.09. The van der Waals surface area contributed by atoms with Crippen molar-refractivity contribution in [3.8, 4) is 33.4 Å². The maximum Gasteiger partial charge on any atom is 0.0434 e. The largest absolute Gasteiger partial charge is 0.135 e. The minimum absolute atomic E-state index is 1.24. The van der Waals surface area contributed by atoms with Gasteiger partial charge in [0, 0.05) is 25.6 Å². The molecular formula is C58H34S. The van der Waals surface area contributed by atoms with Crippen molar-refractivity contribution in [1.29, 1.82) is 0 Å². The zero-order chi connectivity index (χ0) is 38.6. The van der Waals surface area contributed by atoms with Crippen LogP contribution in [0.25, 0.3) is 129 Å². The molecule has 12 aromatic carbocycles. The molecule has 0 radical (unpaired) electrons. The average Bonchev–Trinajstić information content (AvgIpc) is 3.68. The van der Waals surface area contributed by atoms with Crippen LogP contribution in [0.3, 0.4) is 0 Å². The van der Waals surface area contributed by atoms with Crippen LogP contribution in [0, 0.1) is 0 Å².